The minimum atomic E-state index is -0.287. The van der Waals surface area contributed by atoms with E-state index in [0.29, 0.717) is 18.0 Å². The molecular formula is C30H31NO2. The lowest BCUT2D eigenvalue weighted by atomic mass is 9.86. The summed E-state index contributed by atoms with van der Waals surface area (Å²) in [5.74, 6) is 0.168. The van der Waals surface area contributed by atoms with Gasteiger partial charge in [0.25, 0.3) is 0 Å². The van der Waals surface area contributed by atoms with Crippen LogP contribution in [0.25, 0.3) is 10.8 Å². The normalized spacial score (nSPS) is 12.1. The van der Waals surface area contributed by atoms with Gasteiger partial charge in [-0.05, 0) is 64.8 Å². The van der Waals surface area contributed by atoms with Crippen molar-refractivity contribution in [2.45, 2.75) is 39.5 Å². The Hall–Kier alpha value is -3.59. The quantitative estimate of drug-likeness (QED) is 0.321. The number of carbonyl (C=O) groups is 1. The third-order valence-electron chi connectivity index (χ3n) is 6.22. The number of carbonyl (C=O) groups excluding carboxylic acids is 1. The van der Waals surface area contributed by atoms with E-state index in [1.165, 1.54) is 11.1 Å². The molecule has 0 saturated heterocycles. The van der Waals surface area contributed by atoms with Crippen LogP contribution < -0.4 is 5.32 Å². The minimum Gasteiger partial charge on any atom is -0.508 e. The van der Waals surface area contributed by atoms with Crippen molar-refractivity contribution in [1.29, 1.82) is 0 Å². The number of fused-ring (bicyclic) bond motifs is 1. The van der Waals surface area contributed by atoms with E-state index >= 15 is 0 Å². The van der Waals surface area contributed by atoms with Gasteiger partial charge in [0.05, 0.1) is 5.92 Å². The number of hydrogen-bond donors (Lipinski definition) is 2. The van der Waals surface area contributed by atoms with Crippen LogP contribution in [0.5, 0.6) is 5.75 Å². The van der Waals surface area contributed by atoms with Gasteiger partial charge in [-0.15, -0.1) is 0 Å². The van der Waals surface area contributed by atoms with Gasteiger partial charge in [-0.25, -0.2) is 0 Å². The molecular weight excluding hydrogens is 406 g/mol. The van der Waals surface area contributed by atoms with E-state index in [1.54, 1.807) is 12.1 Å². The van der Waals surface area contributed by atoms with E-state index in [9.17, 15) is 9.90 Å². The minimum absolute atomic E-state index is 0.0447. The molecule has 0 bridgehead atoms. The van der Waals surface area contributed by atoms with E-state index in [2.05, 4.69) is 62.5 Å². The number of aryl methyl sites for hydroxylation is 1. The molecule has 4 rings (SSSR count). The van der Waals surface area contributed by atoms with Crippen molar-refractivity contribution in [2.24, 2.45) is 5.92 Å². The summed E-state index contributed by atoms with van der Waals surface area (Å²) in [6.45, 7) is 6.37. The van der Waals surface area contributed by atoms with Crippen LogP contribution in [0.2, 0.25) is 0 Å². The highest BCUT2D eigenvalue weighted by molar-refractivity contribution is 6.00. The third kappa shape index (κ3) is 5.25. The molecule has 0 spiro atoms. The Kier molecular flexibility index (Phi) is 6.79. The molecule has 3 heteroatoms. The van der Waals surface area contributed by atoms with Crippen molar-refractivity contribution in [3.63, 3.8) is 0 Å². The first-order chi connectivity index (χ1) is 15.9. The first-order valence-corrected chi connectivity index (χ1v) is 11.6. The van der Waals surface area contributed by atoms with Crippen LogP contribution in [0, 0.1) is 12.8 Å². The Bertz CT molecular complexity index is 1270. The molecule has 0 aliphatic heterocycles. The van der Waals surface area contributed by atoms with Crippen molar-refractivity contribution < 1.29 is 9.90 Å². The van der Waals surface area contributed by atoms with Gasteiger partial charge in [0, 0.05) is 11.8 Å². The highest BCUT2D eigenvalue weighted by atomic mass is 16.3. The summed E-state index contributed by atoms with van der Waals surface area (Å²) in [7, 11) is 0. The lowest BCUT2D eigenvalue weighted by Gasteiger charge is -2.22. The lowest BCUT2D eigenvalue weighted by molar-refractivity contribution is -0.117. The molecule has 1 atom stereocenters. The molecule has 3 nitrogen and oxygen atoms in total. The maximum Gasteiger partial charge on any atom is 0.231 e. The maximum atomic E-state index is 13.7. The average Bonchev–Trinajstić information content (AvgIpc) is 2.80. The molecule has 4 aromatic rings. The summed E-state index contributed by atoms with van der Waals surface area (Å²) in [5, 5.41) is 15.6. The smallest absolute Gasteiger partial charge is 0.231 e. The summed E-state index contributed by atoms with van der Waals surface area (Å²) in [6.07, 6.45) is 1.43. The Morgan fingerprint density at radius 2 is 1.61 bits per heavy atom. The molecule has 1 amide bonds. The van der Waals surface area contributed by atoms with Crippen LogP contribution in [0.4, 0.5) is 5.69 Å². The fraction of sp³-hybridized carbons (Fsp3) is 0.233. The van der Waals surface area contributed by atoms with Crippen molar-refractivity contribution in [1.82, 2.24) is 0 Å². The van der Waals surface area contributed by atoms with Crippen LogP contribution in [-0.2, 0) is 11.2 Å². The zero-order valence-corrected chi connectivity index (χ0v) is 19.5. The largest absolute Gasteiger partial charge is 0.508 e. The zero-order chi connectivity index (χ0) is 23.4. The fourth-order valence-corrected chi connectivity index (χ4v) is 4.47. The molecule has 168 valence electrons. The molecule has 33 heavy (non-hydrogen) atoms. The molecule has 0 fully saturated rings. The second-order valence-corrected chi connectivity index (χ2v) is 9.18. The molecule has 0 aliphatic rings. The number of anilines is 1. The number of phenolic OH excluding ortho intramolecular Hbond substituents is 1. The molecule has 0 radical (unpaired) electrons. The molecule has 0 aromatic heterocycles. The summed E-state index contributed by atoms with van der Waals surface area (Å²) >= 11 is 0. The number of phenols is 1. The van der Waals surface area contributed by atoms with Crippen LogP contribution in [-0.4, -0.2) is 11.0 Å². The first-order valence-electron chi connectivity index (χ1n) is 11.6. The van der Waals surface area contributed by atoms with Gasteiger partial charge in [0.15, 0.2) is 0 Å². The number of amides is 1. The van der Waals surface area contributed by atoms with Crippen molar-refractivity contribution in [2.75, 3.05) is 5.32 Å². The summed E-state index contributed by atoms with van der Waals surface area (Å²) < 4.78 is 0. The lowest BCUT2D eigenvalue weighted by Crippen LogP contribution is -2.23. The van der Waals surface area contributed by atoms with Gasteiger partial charge in [0.1, 0.15) is 5.75 Å². The molecule has 1 unspecified atom stereocenters. The van der Waals surface area contributed by atoms with Crippen molar-refractivity contribution >= 4 is 22.4 Å². The fourth-order valence-electron chi connectivity index (χ4n) is 4.47. The van der Waals surface area contributed by atoms with Crippen LogP contribution in [0.1, 0.15) is 48.4 Å². The van der Waals surface area contributed by atoms with Gasteiger partial charge in [-0.1, -0.05) is 86.6 Å². The van der Waals surface area contributed by atoms with Crippen LogP contribution in [0.3, 0.4) is 0 Å². The second kappa shape index (κ2) is 9.91. The first kappa shape index (κ1) is 22.6. The number of nitrogens with one attached hydrogen (secondary N) is 1. The third-order valence-corrected chi connectivity index (χ3v) is 6.22. The molecule has 4 aromatic carbocycles. The van der Waals surface area contributed by atoms with Crippen molar-refractivity contribution in [3.8, 4) is 5.75 Å². The zero-order valence-electron chi connectivity index (χ0n) is 19.5. The maximum absolute atomic E-state index is 13.7. The van der Waals surface area contributed by atoms with Gasteiger partial charge in [-0.3, -0.25) is 4.79 Å². The Morgan fingerprint density at radius 3 is 2.39 bits per heavy atom. The van der Waals surface area contributed by atoms with Gasteiger partial charge in [0.2, 0.25) is 5.91 Å². The number of hydrogen-bond acceptors (Lipinski definition) is 2. The SMILES string of the molecule is Cc1ccccc1Cc1ccc(O)cc1NC(=O)C(CC(C)C)c1cccc2ccccc12. The summed E-state index contributed by atoms with van der Waals surface area (Å²) in [5.41, 5.74) is 5.09. The average molecular weight is 438 g/mol. The number of rotatable bonds is 7. The Labute approximate surface area is 196 Å². The Morgan fingerprint density at radius 1 is 0.879 bits per heavy atom. The van der Waals surface area contributed by atoms with Gasteiger partial charge in [-0.2, -0.15) is 0 Å². The van der Waals surface area contributed by atoms with E-state index in [0.717, 1.165) is 28.3 Å². The van der Waals surface area contributed by atoms with Gasteiger partial charge < -0.3 is 10.4 Å². The molecule has 2 N–H and O–H groups in total. The van der Waals surface area contributed by atoms with E-state index < -0.39 is 0 Å². The van der Waals surface area contributed by atoms with Crippen molar-refractivity contribution in [3.05, 3.63) is 107 Å². The monoisotopic (exact) mass is 437 g/mol. The number of aromatic hydroxyl groups is 1. The van der Waals surface area contributed by atoms with Crippen LogP contribution in [0.15, 0.2) is 84.9 Å². The van der Waals surface area contributed by atoms with E-state index in [-0.39, 0.29) is 17.6 Å². The predicted octanol–water partition coefficient (Wildman–Crippen LogP) is 7.21. The highest BCUT2D eigenvalue weighted by Crippen LogP contribution is 2.33. The van der Waals surface area contributed by atoms with E-state index in [1.807, 2.05) is 36.4 Å². The van der Waals surface area contributed by atoms with Gasteiger partial charge >= 0.3 is 0 Å². The highest BCUT2D eigenvalue weighted by Gasteiger charge is 2.24. The molecule has 0 saturated carbocycles. The molecule has 0 heterocycles. The standard InChI is InChI=1S/C30H31NO2/c1-20(2)17-28(27-14-8-12-22-10-6-7-13-26(22)27)30(33)31-29-19-25(32)16-15-24(29)18-23-11-5-4-9-21(23)3/h4-16,19-20,28,32H,17-18H2,1-3H3,(H,31,33). The van der Waals surface area contributed by atoms with E-state index in [4.69, 9.17) is 0 Å². The van der Waals surface area contributed by atoms with Crippen LogP contribution >= 0.6 is 0 Å². The summed E-state index contributed by atoms with van der Waals surface area (Å²) in [6, 6.07) is 27.9. The molecule has 0 aliphatic carbocycles. The summed E-state index contributed by atoms with van der Waals surface area (Å²) in [4.78, 5) is 13.7. The topological polar surface area (TPSA) is 49.3 Å². The Balaban J connectivity index is 1.69. The number of benzene rings is 4. The predicted molar refractivity (Wildman–Crippen MR) is 137 cm³/mol. The second-order valence-electron chi connectivity index (χ2n) is 9.18.